The van der Waals surface area contributed by atoms with Crippen molar-refractivity contribution < 1.29 is 9.59 Å². The lowest BCUT2D eigenvalue weighted by Crippen LogP contribution is -2.52. The first-order valence-electron chi connectivity index (χ1n) is 8.42. The molecule has 0 bridgehead atoms. The second-order valence-electron chi connectivity index (χ2n) is 6.33. The zero-order chi connectivity index (χ0) is 16.2. The third-order valence-electron chi connectivity index (χ3n) is 4.72. The molecule has 3 rings (SSSR count). The fourth-order valence-corrected chi connectivity index (χ4v) is 3.39. The number of amides is 2. The summed E-state index contributed by atoms with van der Waals surface area (Å²) >= 11 is 0. The fraction of sp³-hybridized carbons (Fsp3) is 0.688. The Labute approximate surface area is 136 Å². The monoisotopic (exact) mass is 319 g/mol. The summed E-state index contributed by atoms with van der Waals surface area (Å²) in [7, 11) is 1.94. The molecule has 0 spiro atoms. The Hall–Kier alpha value is -1.89. The van der Waals surface area contributed by atoms with Crippen molar-refractivity contribution in [3.05, 3.63) is 18.2 Å². The molecule has 7 heteroatoms. The minimum atomic E-state index is -0.0710. The van der Waals surface area contributed by atoms with Gasteiger partial charge in [-0.25, -0.2) is 4.98 Å². The first kappa shape index (κ1) is 16.0. The van der Waals surface area contributed by atoms with E-state index in [1.807, 2.05) is 22.7 Å². The van der Waals surface area contributed by atoms with Crippen LogP contribution in [0.2, 0.25) is 0 Å². The van der Waals surface area contributed by atoms with Crippen molar-refractivity contribution in [2.75, 3.05) is 32.7 Å². The number of hydrogen-bond acceptors (Lipinski definition) is 4. The maximum absolute atomic E-state index is 12.8. The number of nitrogens with one attached hydrogen (secondary N) is 1. The molecule has 1 unspecified atom stereocenters. The van der Waals surface area contributed by atoms with Crippen LogP contribution < -0.4 is 5.32 Å². The Morgan fingerprint density at radius 2 is 2.22 bits per heavy atom. The van der Waals surface area contributed by atoms with Gasteiger partial charge in [-0.2, -0.15) is 0 Å². The summed E-state index contributed by atoms with van der Waals surface area (Å²) in [5, 5.41) is 3.33. The highest BCUT2D eigenvalue weighted by Gasteiger charge is 2.32. The molecule has 7 nitrogen and oxygen atoms in total. The zero-order valence-corrected chi connectivity index (χ0v) is 13.7. The molecule has 1 N–H and O–H groups in total. The second-order valence-corrected chi connectivity index (χ2v) is 6.33. The Bertz CT molecular complexity index is 571. The van der Waals surface area contributed by atoms with Crippen LogP contribution >= 0.6 is 0 Å². The van der Waals surface area contributed by atoms with Gasteiger partial charge in [0.1, 0.15) is 11.9 Å². The van der Waals surface area contributed by atoms with E-state index in [0.29, 0.717) is 26.1 Å². The molecule has 1 aromatic heterocycles. The van der Waals surface area contributed by atoms with Crippen LogP contribution in [0.25, 0.3) is 0 Å². The molecule has 1 atom stereocenters. The Morgan fingerprint density at radius 1 is 1.35 bits per heavy atom. The highest BCUT2D eigenvalue weighted by atomic mass is 16.2. The lowest BCUT2D eigenvalue weighted by Gasteiger charge is -2.37. The van der Waals surface area contributed by atoms with Crippen LogP contribution in [0.3, 0.4) is 0 Å². The predicted molar refractivity (Wildman–Crippen MR) is 85.6 cm³/mol. The maximum atomic E-state index is 12.8. The van der Waals surface area contributed by atoms with Crippen molar-refractivity contribution >= 4 is 11.8 Å². The molecule has 2 aliphatic rings. The van der Waals surface area contributed by atoms with Crippen molar-refractivity contribution in [3.8, 4) is 0 Å². The van der Waals surface area contributed by atoms with E-state index in [1.54, 1.807) is 11.1 Å². The van der Waals surface area contributed by atoms with Crippen molar-refractivity contribution in [3.63, 3.8) is 0 Å². The highest BCUT2D eigenvalue weighted by Crippen LogP contribution is 2.21. The first-order valence-corrected chi connectivity index (χ1v) is 8.42. The summed E-state index contributed by atoms with van der Waals surface area (Å²) in [5.74, 6) is 1.02. The summed E-state index contributed by atoms with van der Waals surface area (Å²) in [4.78, 5) is 32.9. The van der Waals surface area contributed by atoms with Gasteiger partial charge in [-0.1, -0.05) is 6.42 Å². The van der Waals surface area contributed by atoms with E-state index in [4.69, 9.17) is 0 Å². The van der Waals surface area contributed by atoms with Crippen LogP contribution in [0.5, 0.6) is 0 Å². The van der Waals surface area contributed by atoms with E-state index in [0.717, 1.165) is 31.6 Å². The van der Waals surface area contributed by atoms with Gasteiger partial charge in [-0.3, -0.25) is 9.59 Å². The van der Waals surface area contributed by atoms with Gasteiger partial charge in [0.05, 0.1) is 6.54 Å². The number of carbonyl (C=O) groups is 2. The van der Waals surface area contributed by atoms with Crippen molar-refractivity contribution in [1.82, 2.24) is 24.7 Å². The molecule has 2 aliphatic heterocycles. The van der Waals surface area contributed by atoms with Gasteiger partial charge in [0.2, 0.25) is 11.8 Å². The second kappa shape index (κ2) is 7.12. The predicted octanol–water partition coefficient (Wildman–Crippen LogP) is 0.296. The van der Waals surface area contributed by atoms with Gasteiger partial charge in [-0.05, 0) is 12.8 Å². The molecule has 0 aromatic carbocycles. The third kappa shape index (κ3) is 3.55. The summed E-state index contributed by atoms with van der Waals surface area (Å²) in [6.45, 7) is 3.02. The van der Waals surface area contributed by atoms with Gasteiger partial charge < -0.3 is 19.7 Å². The third-order valence-corrected chi connectivity index (χ3v) is 4.72. The molecule has 0 aliphatic carbocycles. The first-order chi connectivity index (χ1) is 11.2. The average molecular weight is 319 g/mol. The van der Waals surface area contributed by atoms with E-state index in [1.165, 1.54) is 0 Å². The maximum Gasteiger partial charge on any atom is 0.242 e. The number of nitrogens with zero attached hydrogens (tertiary/aromatic N) is 4. The number of piperazine rings is 1. The lowest BCUT2D eigenvalue weighted by molar-refractivity contribution is -0.142. The average Bonchev–Trinajstić information content (AvgIpc) is 2.88. The number of imidazole rings is 1. The minimum absolute atomic E-state index is 0.0229. The molecular formula is C16H25N5O2. The van der Waals surface area contributed by atoms with Crippen LogP contribution in [-0.2, 0) is 16.6 Å². The highest BCUT2D eigenvalue weighted by molar-refractivity contribution is 5.85. The molecule has 2 fully saturated rings. The largest absolute Gasteiger partial charge is 0.336 e. The molecule has 3 heterocycles. The summed E-state index contributed by atoms with van der Waals surface area (Å²) in [6.07, 6.45) is 7.21. The van der Waals surface area contributed by atoms with Crippen molar-refractivity contribution in [2.24, 2.45) is 7.05 Å². The Kier molecular flexibility index (Phi) is 4.95. The standard InChI is InChI=1S/C16H25N5O2/c1-19-9-7-18-16(19)13-11-17-6-10-21(13)15(23)12-20-8-4-2-3-5-14(20)22/h7,9,13,17H,2-6,8,10-12H2,1H3. The molecule has 2 saturated heterocycles. The van der Waals surface area contributed by atoms with Crippen molar-refractivity contribution in [2.45, 2.75) is 31.7 Å². The van der Waals surface area contributed by atoms with E-state index < -0.39 is 0 Å². The molecule has 1 aromatic rings. The minimum Gasteiger partial charge on any atom is -0.336 e. The van der Waals surface area contributed by atoms with Crippen LogP contribution in [0, 0.1) is 0 Å². The van der Waals surface area contributed by atoms with Gasteiger partial charge in [0.15, 0.2) is 0 Å². The quantitative estimate of drug-likeness (QED) is 0.870. The van der Waals surface area contributed by atoms with Crippen LogP contribution in [0.15, 0.2) is 12.4 Å². The Balaban J connectivity index is 1.71. The summed E-state index contributed by atoms with van der Waals surface area (Å²) < 4.78 is 1.95. The van der Waals surface area contributed by atoms with Gasteiger partial charge in [0.25, 0.3) is 0 Å². The van der Waals surface area contributed by atoms with Crippen LogP contribution in [0.4, 0.5) is 0 Å². The zero-order valence-electron chi connectivity index (χ0n) is 13.7. The summed E-state index contributed by atoms with van der Waals surface area (Å²) in [6, 6.07) is -0.0710. The molecule has 126 valence electrons. The van der Waals surface area contributed by atoms with E-state index in [2.05, 4.69) is 10.3 Å². The van der Waals surface area contributed by atoms with E-state index in [9.17, 15) is 9.59 Å². The number of rotatable bonds is 3. The SMILES string of the molecule is Cn1ccnc1C1CNCCN1C(=O)CN1CCCCCC1=O. The van der Waals surface area contributed by atoms with E-state index >= 15 is 0 Å². The van der Waals surface area contributed by atoms with Gasteiger partial charge in [-0.15, -0.1) is 0 Å². The van der Waals surface area contributed by atoms with Crippen LogP contribution in [-0.4, -0.2) is 63.9 Å². The lowest BCUT2D eigenvalue weighted by atomic mass is 10.1. The number of aryl methyl sites for hydroxylation is 1. The number of hydrogen-bond donors (Lipinski definition) is 1. The molecule has 2 amide bonds. The normalized spacial score (nSPS) is 23.0. The number of aromatic nitrogens is 2. The van der Waals surface area contributed by atoms with Crippen molar-refractivity contribution in [1.29, 1.82) is 0 Å². The molecule has 0 radical (unpaired) electrons. The molecular weight excluding hydrogens is 294 g/mol. The molecule has 0 saturated carbocycles. The number of likely N-dealkylation sites (tertiary alicyclic amines) is 1. The van der Waals surface area contributed by atoms with Gasteiger partial charge >= 0.3 is 0 Å². The molecule has 23 heavy (non-hydrogen) atoms. The topological polar surface area (TPSA) is 70.5 Å². The van der Waals surface area contributed by atoms with Crippen LogP contribution in [0.1, 0.15) is 37.5 Å². The summed E-state index contributed by atoms with van der Waals surface area (Å²) in [5.41, 5.74) is 0. The number of carbonyl (C=O) groups excluding carboxylic acids is 2. The fourth-order valence-electron chi connectivity index (χ4n) is 3.39. The smallest absolute Gasteiger partial charge is 0.242 e. The van der Waals surface area contributed by atoms with E-state index in [-0.39, 0.29) is 24.4 Å². The van der Waals surface area contributed by atoms with Gasteiger partial charge in [0, 0.05) is 52.0 Å². The Morgan fingerprint density at radius 3 is 3.00 bits per heavy atom.